The zero-order valence-corrected chi connectivity index (χ0v) is 11.5. The van der Waals surface area contributed by atoms with Gasteiger partial charge in [0.15, 0.2) is 0 Å². The van der Waals surface area contributed by atoms with Crippen molar-refractivity contribution in [1.82, 2.24) is 0 Å². The number of hydrogen-bond acceptors (Lipinski definition) is 2. The standard InChI is InChI=1S/C15H22FNO2/c1-3-11(4-2)9-15(10-17,14(18)19)12-7-5-6-8-13(12)16/h5-8,11H,3-4,9-10,17H2,1-2H3,(H,18,19). The normalized spacial score (nSPS) is 14.4. The number of hydrogen-bond donors (Lipinski definition) is 2. The van der Waals surface area contributed by atoms with Gasteiger partial charge in [0.05, 0.1) is 0 Å². The van der Waals surface area contributed by atoms with Gasteiger partial charge in [-0.25, -0.2) is 4.39 Å². The van der Waals surface area contributed by atoms with Crippen LogP contribution < -0.4 is 5.73 Å². The molecule has 0 heterocycles. The van der Waals surface area contributed by atoms with E-state index in [-0.39, 0.29) is 18.0 Å². The van der Waals surface area contributed by atoms with Crippen molar-refractivity contribution in [3.63, 3.8) is 0 Å². The van der Waals surface area contributed by atoms with E-state index in [0.29, 0.717) is 6.42 Å². The molecule has 1 rings (SSSR count). The molecule has 19 heavy (non-hydrogen) atoms. The summed E-state index contributed by atoms with van der Waals surface area (Å²) < 4.78 is 14.0. The number of carbonyl (C=O) groups is 1. The molecule has 3 nitrogen and oxygen atoms in total. The molecule has 0 amide bonds. The van der Waals surface area contributed by atoms with Crippen LogP contribution in [0, 0.1) is 11.7 Å². The minimum absolute atomic E-state index is 0.0975. The van der Waals surface area contributed by atoms with E-state index in [0.717, 1.165) is 12.8 Å². The molecule has 1 unspecified atom stereocenters. The average Bonchev–Trinajstić information content (AvgIpc) is 2.41. The Morgan fingerprint density at radius 1 is 1.37 bits per heavy atom. The summed E-state index contributed by atoms with van der Waals surface area (Å²) in [7, 11) is 0. The minimum atomic E-state index is -1.33. The highest BCUT2D eigenvalue weighted by Crippen LogP contribution is 2.34. The van der Waals surface area contributed by atoms with Crippen LogP contribution in [0.3, 0.4) is 0 Å². The lowest BCUT2D eigenvalue weighted by Gasteiger charge is -2.32. The molecule has 4 heteroatoms. The van der Waals surface area contributed by atoms with Crippen molar-refractivity contribution in [2.24, 2.45) is 11.7 Å². The molecular weight excluding hydrogens is 245 g/mol. The number of halogens is 1. The van der Waals surface area contributed by atoms with Gasteiger partial charge in [-0.1, -0.05) is 44.9 Å². The van der Waals surface area contributed by atoms with Gasteiger partial charge in [-0.15, -0.1) is 0 Å². The number of rotatable bonds is 7. The molecule has 3 N–H and O–H groups in total. The highest BCUT2D eigenvalue weighted by atomic mass is 19.1. The van der Waals surface area contributed by atoms with E-state index in [2.05, 4.69) is 0 Å². The van der Waals surface area contributed by atoms with E-state index in [1.165, 1.54) is 12.1 Å². The fourth-order valence-corrected chi connectivity index (χ4v) is 2.51. The topological polar surface area (TPSA) is 63.3 Å². The summed E-state index contributed by atoms with van der Waals surface area (Å²) in [6.45, 7) is 3.93. The molecule has 0 saturated carbocycles. The summed E-state index contributed by atoms with van der Waals surface area (Å²) >= 11 is 0. The summed E-state index contributed by atoms with van der Waals surface area (Å²) in [6.07, 6.45) is 2.09. The van der Waals surface area contributed by atoms with Crippen LogP contribution in [-0.4, -0.2) is 17.6 Å². The number of carboxylic acids is 1. The van der Waals surface area contributed by atoms with Crippen molar-refractivity contribution in [2.45, 2.75) is 38.5 Å². The van der Waals surface area contributed by atoms with Crippen LogP contribution in [0.4, 0.5) is 4.39 Å². The monoisotopic (exact) mass is 267 g/mol. The molecule has 1 aromatic carbocycles. The molecule has 0 aliphatic rings. The average molecular weight is 267 g/mol. The maximum absolute atomic E-state index is 14.0. The van der Waals surface area contributed by atoms with Crippen molar-refractivity contribution in [3.8, 4) is 0 Å². The molecule has 0 aliphatic carbocycles. The third-order valence-corrected chi connectivity index (χ3v) is 3.94. The van der Waals surface area contributed by atoms with Crippen molar-refractivity contribution in [3.05, 3.63) is 35.6 Å². The Kier molecular flexibility index (Phi) is 5.48. The first-order valence-corrected chi connectivity index (χ1v) is 6.70. The van der Waals surface area contributed by atoms with Crippen molar-refractivity contribution in [2.75, 3.05) is 6.54 Å². The lowest BCUT2D eigenvalue weighted by atomic mass is 9.72. The summed E-state index contributed by atoms with van der Waals surface area (Å²) in [5.41, 5.74) is 4.58. The Morgan fingerprint density at radius 2 is 1.95 bits per heavy atom. The first kappa shape index (κ1) is 15.6. The minimum Gasteiger partial charge on any atom is -0.481 e. The predicted octanol–water partition coefficient (Wildman–Crippen LogP) is 2.93. The van der Waals surface area contributed by atoms with Crippen molar-refractivity contribution in [1.29, 1.82) is 0 Å². The summed E-state index contributed by atoms with van der Waals surface area (Å²) in [5, 5.41) is 9.59. The van der Waals surface area contributed by atoms with Gasteiger partial charge in [0, 0.05) is 12.1 Å². The van der Waals surface area contributed by atoms with Crippen LogP contribution in [0.1, 0.15) is 38.7 Å². The van der Waals surface area contributed by atoms with E-state index in [9.17, 15) is 14.3 Å². The van der Waals surface area contributed by atoms with E-state index in [1.807, 2.05) is 13.8 Å². The third kappa shape index (κ3) is 3.13. The van der Waals surface area contributed by atoms with Crippen LogP contribution >= 0.6 is 0 Å². The molecule has 1 aromatic rings. The van der Waals surface area contributed by atoms with Gasteiger partial charge in [0.25, 0.3) is 0 Å². The Balaban J connectivity index is 3.27. The third-order valence-electron chi connectivity index (χ3n) is 3.94. The zero-order valence-electron chi connectivity index (χ0n) is 11.5. The van der Waals surface area contributed by atoms with Crippen LogP contribution in [-0.2, 0) is 10.2 Å². The quantitative estimate of drug-likeness (QED) is 0.798. The fraction of sp³-hybridized carbons (Fsp3) is 0.533. The highest BCUT2D eigenvalue weighted by molar-refractivity contribution is 5.82. The molecule has 0 bridgehead atoms. The number of aliphatic carboxylic acids is 1. The van der Waals surface area contributed by atoms with Crippen molar-refractivity contribution >= 4 is 5.97 Å². The van der Waals surface area contributed by atoms with Gasteiger partial charge in [-0.3, -0.25) is 4.79 Å². The maximum atomic E-state index is 14.0. The van der Waals surface area contributed by atoms with Gasteiger partial charge in [-0.05, 0) is 18.4 Å². The molecule has 0 aromatic heterocycles. The Hall–Kier alpha value is -1.42. The molecule has 0 spiro atoms. The zero-order chi connectivity index (χ0) is 14.5. The molecule has 0 fully saturated rings. The smallest absolute Gasteiger partial charge is 0.315 e. The highest BCUT2D eigenvalue weighted by Gasteiger charge is 2.42. The number of nitrogens with two attached hydrogens (primary N) is 1. The van der Waals surface area contributed by atoms with Crippen LogP contribution in [0.25, 0.3) is 0 Å². The predicted molar refractivity (Wildman–Crippen MR) is 73.5 cm³/mol. The molecule has 0 radical (unpaired) electrons. The SMILES string of the molecule is CCC(CC)CC(CN)(C(=O)O)c1ccccc1F. The summed E-state index contributed by atoms with van der Waals surface area (Å²) in [5.74, 6) is -1.33. The van der Waals surface area contributed by atoms with Crippen molar-refractivity contribution < 1.29 is 14.3 Å². The molecule has 0 saturated heterocycles. The molecular formula is C15H22FNO2. The summed E-state index contributed by atoms with van der Waals surface area (Å²) in [6, 6.07) is 6.02. The van der Waals surface area contributed by atoms with E-state index >= 15 is 0 Å². The first-order valence-electron chi connectivity index (χ1n) is 6.70. The second-order valence-corrected chi connectivity index (χ2v) is 4.96. The Bertz CT molecular complexity index is 432. The largest absolute Gasteiger partial charge is 0.481 e. The van der Waals surface area contributed by atoms with Gasteiger partial charge < -0.3 is 10.8 Å². The van der Waals surface area contributed by atoms with Gasteiger partial charge in [-0.2, -0.15) is 0 Å². The lowest BCUT2D eigenvalue weighted by molar-refractivity contribution is -0.144. The lowest BCUT2D eigenvalue weighted by Crippen LogP contribution is -2.45. The van der Waals surface area contributed by atoms with Gasteiger partial charge >= 0.3 is 5.97 Å². The van der Waals surface area contributed by atoms with E-state index < -0.39 is 17.2 Å². The maximum Gasteiger partial charge on any atom is 0.315 e. The fourth-order valence-electron chi connectivity index (χ4n) is 2.51. The molecule has 0 aliphatic heterocycles. The van der Waals surface area contributed by atoms with Crippen LogP contribution in [0.5, 0.6) is 0 Å². The molecule has 106 valence electrons. The number of benzene rings is 1. The van der Waals surface area contributed by atoms with Gasteiger partial charge in [0.2, 0.25) is 0 Å². The van der Waals surface area contributed by atoms with Crippen LogP contribution in [0.2, 0.25) is 0 Å². The Labute approximate surface area is 113 Å². The van der Waals surface area contributed by atoms with E-state index in [4.69, 9.17) is 5.73 Å². The second kappa shape index (κ2) is 6.66. The first-order chi connectivity index (χ1) is 9.01. The summed E-state index contributed by atoms with van der Waals surface area (Å²) in [4.78, 5) is 11.7. The van der Waals surface area contributed by atoms with Gasteiger partial charge in [0.1, 0.15) is 11.2 Å². The second-order valence-electron chi connectivity index (χ2n) is 4.96. The molecule has 1 atom stereocenters. The Morgan fingerprint density at radius 3 is 2.37 bits per heavy atom. The number of carboxylic acid groups (broad SMARTS) is 1. The van der Waals surface area contributed by atoms with Crippen LogP contribution in [0.15, 0.2) is 24.3 Å². The van der Waals surface area contributed by atoms with E-state index in [1.54, 1.807) is 12.1 Å².